The van der Waals surface area contributed by atoms with E-state index in [9.17, 15) is 8.42 Å². The molecule has 0 aliphatic rings. The molecular weight excluding hydrogens is 466 g/mol. The van der Waals surface area contributed by atoms with Gasteiger partial charge < -0.3 is 10.3 Å². The highest BCUT2D eigenvalue weighted by molar-refractivity contribution is 7.92. The van der Waals surface area contributed by atoms with Crippen molar-refractivity contribution in [3.8, 4) is 11.4 Å². The summed E-state index contributed by atoms with van der Waals surface area (Å²) in [6.45, 7) is 0. The summed E-state index contributed by atoms with van der Waals surface area (Å²) in [6.07, 6.45) is 6.18. The maximum absolute atomic E-state index is 12.8. The number of hydrogen-bond acceptors (Lipinski definition) is 8. The molecule has 172 valence electrons. The quantitative estimate of drug-likeness (QED) is 0.279. The molecule has 12 heteroatoms. The highest BCUT2D eigenvalue weighted by atomic mass is 32.2. The minimum Gasteiger partial charge on any atom is -0.344 e. The summed E-state index contributed by atoms with van der Waals surface area (Å²) in [5.74, 6) is 1.13. The van der Waals surface area contributed by atoms with E-state index in [1.54, 1.807) is 24.5 Å². The zero-order chi connectivity index (χ0) is 23.8. The molecule has 0 unspecified atom stereocenters. The molecule has 11 nitrogen and oxygen atoms in total. The average Bonchev–Trinajstić information content (AvgIpc) is 3.51. The number of aromatic nitrogens is 7. The fourth-order valence-corrected chi connectivity index (χ4v) is 4.75. The minimum absolute atomic E-state index is 0.0347. The van der Waals surface area contributed by atoms with Gasteiger partial charge in [0, 0.05) is 33.7 Å². The summed E-state index contributed by atoms with van der Waals surface area (Å²) < 4.78 is 28.0. The van der Waals surface area contributed by atoms with Gasteiger partial charge in [-0.2, -0.15) is 23.7 Å². The number of hydrogen-bond donors (Lipinski definition) is 4. The molecule has 0 fully saturated rings. The van der Waals surface area contributed by atoms with E-state index in [2.05, 4.69) is 45.4 Å². The van der Waals surface area contributed by atoms with Crippen LogP contribution in [0.3, 0.4) is 0 Å². The van der Waals surface area contributed by atoms with Crippen molar-refractivity contribution < 1.29 is 8.42 Å². The number of aromatic amines is 2. The third-order valence-electron chi connectivity index (χ3n) is 5.35. The van der Waals surface area contributed by atoms with Gasteiger partial charge in [-0.15, -0.1) is 0 Å². The number of H-pyrrole nitrogens is 2. The van der Waals surface area contributed by atoms with Gasteiger partial charge in [-0.25, -0.2) is 9.97 Å². The molecule has 0 saturated carbocycles. The Hall–Kier alpha value is -4.84. The zero-order valence-electron chi connectivity index (χ0n) is 18.0. The van der Waals surface area contributed by atoms with Crippen LogP contribution in [0, 0.1) is 0 Å². The van der Waals surface area contributed by atoms with Crippen LogP contribution < -0.4 is 10.0 Å². The van der Waals surface area contributed by atoms with Crippen LogP contribution in [0.15, 0.2) is 84.4 Å². The topological polar surface area (TPSA) is 154 Å². The van der Waals surface area contributed by atoms with Crippen LogP contribution in [0.2, 0.25) is 0 Å². The second-order valence-corrected chi connectivity index (χ2v) is 9.39. The van der Waals surface area contributed by atoms with E-state index in [-0.39, 0.29) is 5.03 Å². The van der Waals surface area contributed by atoms with Crippen molar-refractivity contribution in [2.45, 2.75) is 5.03 Å². The number of rotatable bonds is 6. The number of benzene rings is 2. The van der Waals surface area contributed by atoms with Crippen molar-refractivity contribution in [1.82, 2.24) is 35.3 Å². The van der Waals surface area contributed by atoms with Crippen LogP contribution in [0.4, 0.5) is 17.2 Å². The normalized spacial score (nSPS) is 11.7. The molecule has 6 rings (SSSR count). The van der Waals surface area contributed by atoms with Crippen LogP contribution in [-0.2, 0) is 10.0 Å². The largest absolute Gasteiger partial charge is 0.344 e. The Bertz CT molecular complexity index is 1780. The molecule has 0 spiro atoms. The maximum Gasteiger partial charge on any atom is 0.277 e. The van der Waals surface area contributed by atoms with E-state index in [4.69, 9.17) is 0 Å². The fourth-order valence-electron chi connectivity index (χ4n) is 3.68. The smallest absolute Gasteiger partial charge is 0.277 e. The summed E-state index contributed by atoms with van der Waals surface area (Å²) in [5.41, 5.74) is 3.53. The third-order valence-corrected chi connectivity index (χ3v) is 6.65. The molecule has 35 heavy (non-hydrogen) atoms. The highest BCUT2D eigenvalue weighted by Gasteiger charge is 2.18. The van der Waals surface area contributed by atoms with E-state index in [1.165, 1.54) is 18.5 Å². The van der Waals surface area contributed by atoms with Gasteiger partial charge in [0.1, 0.15) is 5.82 Å². The van der Waals surface area contributed by atoms with Gasteiger partial charge >= 0.3 is 0 Å². The summed E-state index contributed by atoms with van der Waals surface area (Å²) in [6, 6.07) is 16.2. The van der Waals surface area contributed by atoms with Gasteiger partial charge in [0.15, 0.2) is 10.9 Å². The molecule has 4 aromatic heterocycles. The predicted octanol–water partition coefficient (Wildman–Crippen LogP) is 3.84. The van der Waals surface area contributed by atoms with Crippen molar-refractivity contribution in [2.75, 3.05) is 10.0 Å². The monoisotopic (exact) mass is 483 g/mol. The molecule has 4 heterocycles. The summed E-state index contributed by atoms with van der Waals surface area (Å²) in [7, 11) is -3.83. The zero-order valence-corrected chi connectivity index (χ0v) is 18.8. The molecule has 0 aliphatic heterocycles. The van der Waals surface area contributed by atoms with Crippen molar-refractivity contribution in [2.24, 2.45) is 0 Å². The minimum atomic E-state index is -3.83. The van der Waals surface area contributed by atoms with Crippen molar-refractivity contribution in [3.05, 3.63) is 79.4 Å². The van der Waals surface area contributed by atoms with Crippen molar-refractivity contribution in [3.63, 3.8) is 0 Å². The third kappa shape index (κ3) is 4.13. The summed E-state index contributed by atoms with van der Waals surface area (Å²) in [4.78, 5) is 12.0. The number of nitrogens with zero attached hydrogens (tertiary/aromatic N) is 5. The van der Waals surface area contributed by atoms with Crippen LogP contribution in [-0.4, -0.2) is 43.8 Å². The molecule has 0 aliphatic carbocycles. The van der Waals surface area contributed by atoms with E-state index in [0.29, 0.717) is 22.8 Å². The molecule has 0 radical (unpaired) electrons. The number of anilines is 3. The maximum atomic E-state index is 12.8. The Balaban J connectivity index is 1.28. The molecule has 2 aromatic carbocycles. The van der Waals surface area contributed by atoms with Gasteiger partial charge in [-0.3, -0.25) is 9.82 Å². The SMILES string of the molecule is O=S(=O)(Nc1ccnnc1)c1cc2ccc(-c3nccc(Nc4ccc5[nH]ncc5c4)n3)cc2[nH]1. The molecular formula is C23H17N9O2S. The molecule has 0 bridgehead atoms. The Kier molecular flexibility index (Phi) is 4.85. The van der Waals surface area contributed by atoms with E-state index in [1.807, 2.05) is 36.4 Å². The number of nitrogens with one attached hydrogen (secondary N) is 4. The Morgan fingerprint density at radius 2 is 1.74 bits per heavy atom. The van der Waals surface area contributed by atoms with Gasteiger partial charge in [-0.1, -0.05) is 12.1 Å². The van der Waals surface area contributed by atoms with Crippen LogP contribution in [0.25, 0.3) is 33.2 Å². The molecule has 0 atom stereocenters. The highest BCUT2D eigenvalue weighted by Crippen LogP contribution is 2.26. The standard InChI is InChI=1S/C23H17N9O2S/c33-35(34,32-18-5-8-25-26-13-18)22-11-14-1-2-15(10-20(14)29-22)23-24-7-6-21(30-23)28-17-3-4-19-16(9-17)12-27-31-19/h1-13,29H,(H,25,32)(H,27,31)(H,24,28,30). The molecule has 6 aromatic rings. The average molecular weight is 484 g/mol. The first-order valence-electron chi connectivity index (χ1n) is 10.5. The lowest BCUT2D eigenvalue weighted by molar-refractivity contribution is 0.598. The lowest BCUT2D eigenvalue weighted by Crippen LogP contribution is -2.13. The molecule has 0 saturated heterocycles. The molecule has 4 N–H and O–H groups in total. The number of fused-ring (bicyclic) bond motifs is 2. The van der Waals surface area contributed by atoms with E-state index < -0.39 is 10.0 Å². The Morgan fingerprint density at radius 1 is 0.800 bits per heavy atom. The van der Waals surface area contributed by atoms with Crippen LogP contribution in [0.5, 0.6) is 0 Å². The summed E-state index contributed by atoms with van der Waals surface area (Å²) >= 11 is 0. The van der Waals surface area contributed by atoms with Crippen molar-refractivity contribution in [1.29, 1.82) is 0 Å². The van der Waals surface area contributed by atoms with Crippen molar-refractivity contribution >= 4 is 49.0 Å². The second-order valence-electron chi connectivity index (χ2n) is 7.73. The number of sulfonamides is 1. The first-order valence-corrected chi connectivity index (χ1v) is 12.0. The van der Waals surface area contributed by atoms with Crippen LogP contribution in [0.1, 0.15) is 0 Å². The van der Waals surface area contributed by atoms with Gasteiger partial charge in [-0.05, 0) is 42.5 Å². The van der Waals surface area contributed by atoms with Gasteiger partial charge in [0.05, 0.1) is 29.8 Å². The van der Waals surface area contributed by atoms with E-state index >= 15 is 0 Å². The van der Waals surface area contributed by atoms with Gasteiger partial charge in [0.25, 0.3) is 10.0 Å². The fraction of sp³-hybridized carbons (Fsp3) is 0. The molecule has 0 amide bonds. The van der Waals surface area contributed by atoms with Crippen LogP contribution >= 0.6 is 0 Å². The second kappa shape index (κ2) is 8.18. The van der Waals surface area contributed by atoms with Gasteiger partial charge in [0.2, 0.25) is 0 Å². The lowest BCUT2D eigenvalue weighted by Gasteiger charge is -2.07. The van der Waals surface area contributed by atoms with E-state index in [0.717, 1.165) is 27.5 Å². The lowest BCUT2D eigenvalue weighted by atomic mass is 10.1. The predicted molar refractivity (Wildman–Crippen MR) is 132 cm³/mol. The Morgan fingerprint density at radius 3 is 2.63 bits per heavy atom. The Labute approximate surface area is 198 Å². The summed E-state index contributed by atoms with van der Waals surface area (Å²) in [5, 5.41) is 19.3. The first-order chi connectivity index (χ1) is 17.0. The first kappa shape index (κ1) is 20.7.